The quantitative estimate of drug-likeness (QED) is 0.494. The van der Waals surface area contributed by atoms with Crippen LogP contribution in [0, 0.1) is 0 Å². The molecule has 4 N–H and O–H groups in total. The van der Waals surface area contributed by atoms with E-state index in [1.807, 2.05) is 30.3 Å². The summed E-state index contributed by atoms with van der Waals surface area (Å²) in [4.78, 5) is 12.6. The van der Waals surface area contributed by atoms with Gasteiger partial charge in [-0.25, -0.2) is 9.97 Å². The second kappa shape index (κ2) is 6.52. The number of pyridine rings is 1. The van der Waals surface area contributed by atoms with E-state index < -0.39 is 24.5 Å². The Balaban J connectivity index is 1.43. The van der Waals surface area contributed by atoms with Crippen molar-refractivity contribution in [3.63, 3.8) is 0 Å². The molecule has 1 fully saturated rings. The number of rotatable bonds is 3. The van der Waals surface area contributed by atoms with E-state index in [4.69, 9.17) is 10.5 Å². The number of ether oxygens (including phenoxy) is 1. The van der Waals surface area contributed by atoms with Crippen LogP contribution in [0.1, 0.15) is 11.8 Å². The fourth-order valence-corrected chi connectivity index (χ4v) is 3.79. The Hall–Kier alpha value is -3.07. The van der Waals surface area contributed by atoms with Gasteiger partial charge in [-0.2, -0.15) is 0 Å². The van der Waals surface area contributed by atoms with Crippen molar-refractivity contribution in [1.82, 2.24) is 19.5 Å². The molecule has 3 aromatic heterocycles. The molecule has 0 radical (unpaired) electrons. The number of nitrogens with two attached hydrogens (primary N) is 1. The normalized spacial score (nSPS) is 24.9. The van der Waals surface area contributed by atoms with E-state index in [1.54, 1.807) is 23.0 Å². The highest BCUT2D eigenvalue weighted by Gasteiger charge is 2.44. The van der Waals surface area contributed by atoms with Crippen LogP contribution in [-0.2, 0) is 11.2 Å². The average molecular weight is 377 g/mol. The maximum Gasteiger partial charge on any atom is 0.164 e. The summed E-state index contributed by atoms with van der Waals surface area (Å²) in [6, 6.07) is 11.6. The molecule has 5 rings (SSSR count). The zero-order valence-corrected chi connectivity index (χ0v) is 14.9. The fraction of sp³-hybridized carbons (Fsp3) is 0.250. The standard InChI is InChI=1S/C20H19N5O3/c21-18-13-5-7-25(19(13)24-10-23-18)20-17(27)16(26)15(28-20)9-11-3-4-12-2-1-6-22-14(12)8-11/h1-8,10,15-17,20,26-27H,9H2,(H2,21,23,24)/t15-,16-,17-,20-/m1/s1. The molecule has 4 heterocycles. The minimum absolute atomic E-state index is 0.358. The third-order valence-electron chi connectivity index (χ3n) is 5.26. The van der Waals surface area contributed by atoms with Crippen molar-refractivity contribution in [3.8, 4) is 0 Å². The van der Waals surface area contributed by atoms with Gasteiger partial charge >= 0.3 is 0 Å². The lowest BCUT2D eigenvalue weighted by Gasteiger charge is -2.17. The molecule has 1 aromatic carbocycles. The number of anilines is 1. The van der Waals surface area contributed by atoms with Gasteiger partial charge < -0.3 is 25.3 Å². The van der Waals surface area contributed by atoms with Crippen LogP contribution in [0.25, 0.3) is 21.9 Å². The van der Waals surface area contributed by atoms with Crippen LogP contribution >= 0.6 is 0 Å². The number of nitrogen functional groups attached to an aromatic ring is 1. The van der Waals surface area contributed by atoms with Crippen molar-refractivity contribution in [1.29, 1.82) is 0 Å². The lowest BCUT2D eigenvalue weighted by atomic mass is 10.0. The Morgan fingerprint density at radius 1 is 1.07 bits per heavy atom. The van der Waals surface area contributed by atoms with Crippen LogP contribution in [-0.4, -0.2) is 48.0 Å². The van der Waals surface area contributed by atoms with Gasteiger partial charge in [0.15, 0.2) is 6.23 Å². The second-order valence-corrected chi connectivity index (χ2v) is 7.00. The molecule has 4 atom stereocenters. The molecule has 1 aliphatic rings. The summed E-state index contributed by atoms with van der Waals surface area (Å²) < 4.78 is 7.72. The Morgan fingerprint density at radius 3 is 2.86 bits per heavy atom. The van der Waals surface area contributed by atoms with Crippen molar-refractivity contribution >= 4 is 27.8 Å². The Kier molecular flexibility index (Phi) is 3.97. The first-order chi connectivity index (χ1) is 13.6. The first kappa shape index (κ1) is 17.1. The lowest BCUT2D eigenvalue weighted by molar-refractivity contribution is -0.0341. The van der Waals surface area contributed by atoms with E-state index >= 15 is 0 Å². The van der Waals surface area contributed by atoms with Gasteiger partial charge in [0, 0.05) is 24.2 Å². The summed E-state index contributed by atoms with van der Waals surface area (Å²) in [6.45, 7) is 0. The smallest absolute Gasteiger partial charge is 0.164 e. The van der Waals surface area contributed by atoms with Gasteiger partial charge in [-0.1, -0.05) is 18.2 Å². The highest BCUT2D eigenvalue weighted by atomic mass is 16.6. The number of hydrogen-bond donors (Lipinski definition) is 3. The Bertz CT molecular complexity index is 1160. The van der Waals surface area contributed by atoms with Crippen LogP contribution in [0.4, 0.5) is 5.82 Å². The number of aliphatic hydroxyl groups excluding tert-OH is 2. The van der Waals surface area contributed by atoms with Crippen LogP contribution in [0.15, 0.2) is 55.1 Å². The summed E-state index contributed by atoms with van der Waals surface area (Å²) >= 11 is 0. The summed E-state index contributed by atoms with van der Waals surface area (Å²) in [7, 11) is 0. The maximum atomic E-state index is 10.6. The Labute approximate surface area is 160 Å². The molecule has 0 unspecified atom stereocenters. The molecule has 0 amide bonds. The SMILES string of the molecule is Nc1ncnc2c1ccn2[C@@H]1O[C@H](Cc2ccc3cccnc3c2)[C@@H](O)[C@H]1O. The topological polar surface area (TPSA) is 119 Å². The molecular formula is C20H19N5O3. The van der Waals surface area contributed by atoms with Crippen molar-refractivity contribution < 1.29 is 14.9 Å². The highest BCUT2D eigenvalue weighted by Crippen LogP contribution is 2.34. The van der Waals surface area contributed by atoms with Crippen LogP contribution in [0.3, 0.4) is 0 Å². The zero-order chi connectivity index (χ0) is 19.3. The van der Waals surface area contributed by atoms with Crippen molar-refractivity contribution in [2.45, 2.75) is 31.0 Å². The summed E-state index contributed by atoms with van der Waals surface area (Å²) in [5, 5.41) is 22.9. The number of hydrogen-bond acceptors (Lipinski definition) is 7. The van der Waals surface area contributed by atoms with Gasteiger partial charge in [0.25, 0.3) is 0 Å². The molecule has 28 heavy (non-hydrogen) atoms. The van der Waals surface area contributed by atoms with Gasteiger partial charge in [-0.3, -0.25) is 4.98 Å². The van der Waals surface area contributed by atoms with E-state index in [-0.39, 0.29) is 0 Å². The van der Waals surface area contributed by atoms with Gasteiger partial charge in [0.2, 0.25) is 0 Å². The highest BCUT2D eigenvalue weighted by molar-refractivity contribution is 5.86. The maximum absolute atomic E-state index is 10.6. The van der Waals surface area contributed by atoms with Crippen molar-refractivity contribution in [3.05, 3.63) is 60.7 Å². The predicted octanol–water partition coefficient (Wildman–Crippen LogP) is 1.42. The van der Waals surface area contributed by atoms with Crippen LogP contribution in [0.5, 0.6) is 0 Å². The number of benzene rings is 1. The first-order valence-corrected chi connectivity index (χ1v) is 9.04. The van der Waals surface area contributed by atoms with E-state index in [2.05, 4.69) is 15.0 Å². The minimum Gasteiger partial charge on any atom is -0.388 e. The second-order valence-electron chi connectivity index (χ2n) is 7.00. The van der Waals surface area contributed by atoms with Crippen molar-refractivity contribution in [2.24, 2.45) is 0 Å². The van der Waals surface area contributed by atoms with Crippen LogP contribution in [0.2, 0.25) is 0 Å². The zero-order valence-electron chi connectivity index (χ0n) is 14.9. The third-order valence-corrected chi connectivity index (χ3v) is 5.26. The van der Waals surface area contributed by atoms with Gasteiger partial charge in [0.05, 0.1) is 17.0 Å². The van der Waals surface area contributed by atoms with E-state index in [9.17, 15) is 10.2 Å². The fourth-order valence-electron chi connectivity index (χ4n) is 3.79. The Morgan fingerprint density at radius 2 is 1.96 bits per heavy atom. The summed E-state index contributed by atoms with van der Waals surface area (Å²) in [5.41, 5.74) is 8.30. The molecule has 1 saturated heterocycles. The molecule has 8 nitrogen and oxygen atoms in total. The molecule has 0 spiro atoms. The average Bonchev–Trinajstić information content (AvgIpc) is 3.25. The van der Waals surface area contributed by atoms with E-state index in [1.165, 1.54) is 6.33 Å². The molecule has 0 bridgehead atoms. The molecule has 4 aromatic rings. The number of aromatic nitrogens is 4. The van der Waals surface area contributed by atoms with E-state index in [0.717, 1.165) is 16.5 Å². The molecular weight excluding hydrogens is 358 g/mol. The van der Waals surface area contributed by atoms with Crippen LogP contribution < -0.4 is 5.73 Å². The molecule has 1 aliphatic heterocycles. The minimum atomic E-state index is -1.09. The lowest BCUT2D eigenvalue weighted by Crippen LogP contribution is -2.32. The first-order valence-electron chi connectivity index (χ1n) is 9.04. The number of fused-ring (bicyclic) bond motifs is 2. The van der Waals surface area contributed by atoms with Crippen molar-refractivity contribution in [2.75, 3.05) is 5.73 Å². The summed E-state index contributed by atoms with van der Waals surface area (Å²) in [5.74, 6) is 0.358. The largest absolute Gasteiger partial charge is 0.388 e. The van der Waals surface area contributed by atoms with Gasteiger partial charge in [-0.15, -0.1) is 0 Å². The summed E-state index contributed by atoms with van der Waals surface area (Å²) in [6.07, 6.45) is 1.87. The monoisotopic (exact) mass is 377 g/mol. The molecule has 0 aliphatic carbocycles. The molecule has 0 saturated carbocycles. The van der Waals surface area contributed by atoms with E-state index in [0.29, 0.717) is 23.3 Å². The molecule has 142 valence electrons. The predicted molar refractivity (Wildman–Crippen MR) is 103 cm³/mol. The third kappa shape index (κ3) is 2.70. The number of nitrogens with zero attached hydrogens (tertiary/aromatic N) is 4. The number of aliphatic hydroxyl groups is 2. The van der Waals surface area contributed by atoms with Gasteiger partial charge in [0.1, 0.15) is 30.0 Å². The van der Waals surface area contributed by atoms with Gasteiger partial charge in [-0.05, 0) is 23.8 Å². The molecule has 8 heteroatoms.